The topological polar surface area (TPSA) is 94.6 Å². The van der Waals surface area contributed by atoms with Crippen molar-refractivity contribution in [3.63, 3.8) is 0 Å². The van der Waals surface area contributed by atoms with Gasteiger partial charge < -0.3 is 19.9 Å². The number of rotatable bonds is 7. The van der Waals surface area contributed by atoms with E-state index in [4.69, 9.17) is 19.9 Å². The molecule has 0 radical (unpaired) electrons. The molecule has 2 N–H and O–H groups in total. The van der Waals surface area contributed by atoms with Gasteiger partial charge in [-0.2, -0.15) is 5.26 Å². The number of allylic oxidation sites excluding steroid dienone is 1. The smallest absolute Gasteiger partial charge is 0.347 e. The van der Waals surface area contributed by atoms with Crippen LogP contribution in [0.2, 0.25) is 0 Å². The summed E-state index contributed by atoms with van der Waals surface area (Å²) in [5.74, 6) is -0.977. The van der Waals surface area contributed by atoms with E-state index >= 15 is 0 Å². The van der Waals surface area contributed by atoms with Crippen molar-refractivity contribution in [1.29, 1.82) is 5.26 Å². The Bertz CT molecular complexity index is 1300. The first kappa shape index (κ1) is 22.9. The number of para-hydroxylation sites is 1. The van der Waals surface area contributed by atoms with Crippen LogP contribution < -0.4 is 19.9 Å². The predicted molar refractivity (Wildman–Crippen MR) is 124 cm³/mol. The first-order valence-electron chi connectivity index (χ1n) is 10.9. The number of unbranched alkanes of at least 4 members (excludes halogenated alkanes) is 1. The molecule has 0 saturated carbocycles. The summed E-state index contributed by atoms with van der Waals surface area (Å²) in [7, 11) is 0. The van der Waals surface area contributed by atoms with Crippen LogP contribution in [-0.2, 0) is 0 Å². The second-order valence-corrected chi connectivity index (χ2v) is 7.73. The second-order valence-electron chi connectivity index (χ2n) is 7.73. The molecular weight excluding hydrogens is 435 g/mol. The second kappa shape index (κ2) is 10.1. The van der Waals surface area contributed by atoms with E-state index in [-0.39, 0.29) is 23.0 Å². The summed E-state index contributed by atoms with van der Waals surface area (Å²) in [6.45, 7) is 2.55. The van der Waals surface area contributed by atoms with Gasteiger partial charge in [0.2, 0.25) is 5.88 Å². The molecule has 172 valence electrons. The quantitative estimate of drug-likeness (QED) is 0.288. The van der Waals surface area contributed by atoms with Crippen LogP contribution >= 0.6 is 0 Å². The summed E-state index contributed by atoms with van der Waals surface area (Å²) < 4.78 is 31.5. The van der Waals surface area contributed by atoms with Crippen molar-refractivity contribution in [3.8, 4) is 23.3 Å². The van der Waals surface area contributed by atoms with Crippen LogP contribution in [0.25, 0.3) is 0 Å². The Balaban J connectivity index is 1.64. The van der Waals surface area contributed by atoms with Crippen molar-refractivity contribution in [2.75, 3.05) is 6.61 Å². The fourth-order valence-electron chi connectivity index (χ4n) is 3.78. The number of hydrogen-bond acceptors (Lipinski definition) is 6. The molecule has 1 heterocycles. The van der Waals surface area contributed by atoms with E-state index in [1.807, 2.05) is 6.07 Å². The zero-order valence-corrected chi connectivity index (χ0v) is 18.6. The molecule has 3 aromatic carbocycles. The Morgan fingerprint density at radius 2 is 1.88 bits per heavy atom. The molecule has 1 aliphatic rings. The molecule has 34 heavy (non-hydrogen) atoms. The zero-order chi connectivity index (χ0) is 24.1. The van der Waals surface area contributed by atoms with Gasteiger partial charge in [0, 0.05) is 17.2 Å². The summed E-state index contributed by atoms with van der Waals surface area (Å²) in [5, 5.41) is 9.64. The molecule has 0 bridgehead atoms. The van der Waals surface area contributed by atoms with Crippen LogP contribution in [-0.4, -0.2) is 12.6 Å². The van der Waals surface area contributed by atoms with Gasteiger partial charge in [-0.15, -0.1) is 0 Å². The molecule has 0 spiro atoms. The summed E-state index contributed by atoms with van der Waals surface area (Å²) in [6, 6.07) is 19.8. The van der Waals surface area contributed by atoms with Gasteiger partial charge >= 0.3 is 5.97 Å². The van der Waals surface area contributed by atoms with Gasteiger partial charge in [0.05, 0.1) is 12.5 Å². The summed E-state index contributed by atoms with van der Waals surface area (Å²) in [5.41, 5.74) is 7.24. The lowest BCUT2D eigenvalue weighted by Crippen LogP contribution is -2.21. The number of halogens is 1. The molecule has 1 atom stereocenters. The van der Waals surface area contributed by atoms with Crippen molar-refractivity contribution in [3.05, 3.63) is 101 Å². The van der Waals surface area contributed by atoms with Crippen LogP contribution in [0.1, 0.15) is 47.2 Å². The Kier molecular flexibility index (Phi) is 6.79. The number of carbonyl (C=O) groups is 1. The summed E-state index contributed by atoms with van der Waals surface area (Å²) in [6.07, 6.45) is 1.84. The molecule has 4 rings (SSSR count). The van der Waals surface area contributed by atoms with Crippen molar-refractivity contribution in [2.24, 2.45) is 5.73 Å². The van der Waals surface area contributed by atoms with Gasteiger partial charge in [-0.05, 0) is 30.7 Å². The zero-order valence-electron chi connectivity index (χ0n) is 18.6. The van der Waals surface area contributed by atoms with Gasteiger partial charge in [0.25, 0.3) is 0 Å². The highest BCUT2D eigenvalue weighted by Crippen LogP contribution is 2.44. The minimum atomic E-state index is -0.743. The Morgan fingerprint density at radius 3 is 2.65 bits per heavy atom. The largest absolute Gasteiger partial charge is 0.493 e. The minimum absolute atomic E-state index is 0.112. The molecule has 0 aliphatic carbocycles. The minimum Gasteiger partial charge on any atom is -0.493 e. The van der Waals surface area contributed by atoms with E-state index in [2.05, 4.69) is 6.92 Å². The number of carbonyl (C=O) groups excluding carboxylic acids is 1. The van der Waals surface area contributed by atoms with E-state index in [1.165, 1.54) is 12.1 Å². The number of nitrogens with zero attached hydrogens (tertiary/aromatic N) is 1. The van der Waals surface area contributed by atoms with Gasteiger partial charge in [-0.1, -0.05) is 49.7 Å². The number of nitriles is 1. The van der Waals surface area contributed by atoms with Crippen molar-refractivity contribution >= 4 is 5.97 Å². The van der Waals surface area contributed by atoms with Crippen LogP contribution in [0.3, 0.4) is 0 Å². The molecule has 0 fully saturated rings. The first-order chi connectivity index (χ1) is 16.5. The first-order valence-corrected chi connectivity index (χ1v) is 10.9. The number of hydrogen-bond donors (Lipinski definition) is 1. The molecule has 3 aromatic rings. The summed E-state index contributed by atoms with van der Waals surface area (Å²) >= 11 is 0. The van der Waals surface area contributed by atoms with Gasteiger partial charge in [0.1, 0.15) is 40.3 Å². The fourth-order valence-corrected chi connectivity index (χ4v) is 3.78. The van der Waals surface area contributed by atoms with Gasteiger partial charge in [-0.25, -0.2) is 9.18 Å². The number of esters is 1. The third-order valence-electron chi connectivity index (χ3n) is 5.48. The van der Waals surface area contributed by atoms with E-state index in [1.54, 1.807) is 54.6 Å². The molecular formula is C27H23FN2O4. The molecule has 0 aromatic heterocycles. The molecule has 0 saturated heterocycles. The van der Waals surface area contributed by atoms with E-state index < -0.39 is 17.7 Å². The average Bonchev–Trinajstić information content (AvgIpc) is 2.84. The van der Waals surface area contributed by atoms with E-state index in [0.717, 1.165) is 12.8 Å². The highest BCUT2D eigenvalue weighted by Gasteiger charge is 2.32. The highest BCUT2D eigenvalue weighted by atomic mass is 19.1. The Morgan fingerprint density at radius 1 is 1.12 bits per heavy atom. The maximum atomic E-state index is 14.6. The lowest BCUT2D eigenvalue weighted by atomic mass is 9.83. The number of benzene rings is 3. The SMILES string of the molecule is CCCCOc1ccccc1C(=O)Oc1ccc2c(c1)OC(N)=C(C#N)C2c1ccccc1F. The normalized spacial score (nSPS) is 14.6. The fraction of sp³-hybridized carbons (Fsp3) is 0.185. The standard InChI is InChI=1S/C27H23FN2O4/c1-2-3-14-32-23-11-7-5-9-20(23)27(31)33-17-12-13-19-24(15-17)34-26(30)21(16-29)25(19)18-8-4-6-10-22(18)28/h4-13,15,25H,2-3,14,30H2,1H3. The molecule has 7 heteroatoms. The van der Waals surface area contributed by atoms with E-state index in [0.29, 0.717) is 29.0 Å². The predicted octanol–water partition coefficient (Wildman–Crippen LogP) is 5.44. The monoisotopic (exact) mass is 458 g/mol. The maximum Gasteiger partial charge on any atom is 0.347 e. The molecule has 1 unspecified atom stereocenters. The Labute approximate surface area is 197 Å². The van der Waals surface area contributed by atoms with Crippen LogP contribution in [0.5, 0.6) is 17.2 Å². The molecule has 0 amide bonds. The number of ether oxygens (including phenoxy) is 3. The lowest BCUT2D eigenvalue weighted by Gasteiger charge is -2.27. The molecule has 1 aliphatic heterocycles. The number of nitrogens with two attached hydrogens (primary N) is 1. The molecule has 6 nitrogen and oxygen atoms in total. The third-order valence-corrected chi connectivity index (χ3v) is 5.48. The van der Waals surface area contributed by atoms with Crippen molar-refractivity contribution in [1.82, 2.24) is 0 Å². The summed E-state index contributed by atoms with van der Waals surface area (Å²) in [4.78, 5) is 12.9. The van der Waals surface area contributed by atoms with Crippen molar-refractivity contribution < 1.29 is 23.4 Å². The maximum absolute atomic E-state index is 14.6. The highest BCUT2D eigenvalue weighted by molar-refractivity contribution is 5.94. The van der Waals surface area contributed by atoms with Gasteiger partial charge in [0.15, 0.2) is 0 Å². The van der Waals surface area contributed by atoms with Crippen LogP contribution in [0.15, 0.2) is 78.2 Å². The van der Waals surface area contributed by atoms with E-state index in [9.17, 15) is 14.4 Å². The van der Waals surface area contributed by atoms with Crippen molar-refractivity contribution in [2.45, 2.75) is 25.7 Å². The third kappa shape index (κ3) is 4.57. The Hall–Kier alpha value is -4.31. The number of fused-ring (bicyclic) bond motifs is 1. The lowest BCUT2D eigenvalue weighted by molar-refractivity contribution is 0.0730. The van der Waals surface area contributed by atoms with Crippen LogP contribution in [0, 0.1) is 17.1 Å². The van der Waals surface area contributed by atoms with Crippen LogP contribution in [0.4, 0.5) is 4.39 Å². The average molecular weight is 458 g/mol. The van der Waals surface area contributed by atoms with Gasteiger partial charge in [-0.3, -0.25) is 0 Å².